The molecule has 3 nitrogen and oxygen atoms in total. The zero-order valence-corrected chi connectivity index (χ0v) is 12.1. The van der Waals surface area contributed by atoms with Gasteiger partial charge in [-0.2, -0.15) is 0 Å². The minimum atomic E-state index is 0.302. The number of rotatable bonds is 6. The number of hydrogen-bond donors (Lipinski definition) is 0. The molecule has 0 aromatic rings. The van der Waals surface area contributed by atoms with Gasteiger partial charge in [-0.1, -0.05) is 13.3 Å². The summed E-state index contributed by atoms with van der Waals surface area (Å²) in [4.78, 5) is 16.0. The zero-order chi connectivity index (χ0) is 13.0. The van der Waals surface area contributed by atoms with Gasteiger partial charge in [0, 0.05) is 25.0 Å². The van der Waals surface area contributed by atoms with E-state index in [1.807, 2.05) is 0 Å². The van der Waals surface area contributed by atoms with Crippen LogP contribution < -0.4 is 0 Å². The predicted octanol–water partition coefficient (Wildman–Crippen LogP) is 2.02. The molecule has 0 bridgehead atoms. The maximum absolute atomic E-state index is 11.3. The number of hydrogen-bond acceptors (Lipinski definition) is 3. The van der Waals surface area contributed by atoms with Gasteiger partial charge >= 0.3 is 0 Å². The van der Waals surface area contributed by atoms with Crippen LogP contribution in [-0.4, -0.2) is 55.4 Å². The molecule has 3 unspecified atom stereocenters. The first-order valence-electron chi connectivity index (χ1n) is 6.80. The lowest BCUT2D eigenvalue weighted by Gasteiger charge is -2.29. The Balaban J connectivity index is 2.52. The monoisotopic (exact) mass is 240 g/mol. The second kappa shape index (κ2) is 6.50. The van der Waals surface area contributed by atoms with Crippen LogP contribution in [0.3, 0.4) is 0 Å². The number of likely N-dealkylation sites (tertiary alicyclic amines) is 1. The van der Waals surface area contributed by atoms with Gasteiger partial charge in [0.25, 0.3) is 0 Å². The lowest BCUT2D eigenvalue weighted by atomic mass is 9.96. The fraction of sp³-hybridized carbons (Fsp3) is 0.929. The van der Waals surface area contributed by atoms with Gasteiger partial charge < -0.3 is 9.80 Å². The smallest absolute Gasteiger partial charge is 0.131 e. The van der Waals surface area contributed by atoms with Crippen molar-refractivity contribution in [1.82, 2.24) is 9.80 Å². The summed E-state index contributed by atoms with van der Waals surface area (Å²) < 4.78 is 0. The Morgan fingerprint density at radius 1 is 1.47 bits per heavy atom. The lowest BCUT2D eigenvalue weighted by Crippen LogP contribution is -2.37. The maximum Gasteiger partial charge on any atom is 0.131 e. The topological polar surface area (TPSA) is 23.6 Å². The molecule has 1 heterocycles. The van der Waals surface area contributed by atoms with Crippen LogP contribution in [0.25, 0.3) is 0 Å². The van der Waals surface area contributed by atoms with Crippen LogP contribution in [0.5, 0.6) is 0 Å². The third-order valence-electron chi connectivity index (χ3n) is 4.15. The van der Waals surface area contributed by atoms with Crippen molar-refractivity contribution in [2.45, 2.75) is 51.6 Å². The number of nitrogens with zero attached hydrogens (tertiary/aromatic N) is 2. The van der Waals surface area contributed by atoms with Gasteiger partial charge in [-0.25, -0.2) is 0 Å². The molecule has 100 valence electrons. The Morgan fingerprint density at radius 3 is 2.53 bits per heavy atom. The molecule has 1 aliphatic rings. The van der Waals surface area contributed by atoms with Crippen molar-refractivity contribution in [2.24, 2.45) is 5.92 Å². The highest BCUT2D eigenvalue weighted by Gasteiger charge is 2.30. The van der Waals surface area contributed by atoms with Crippen LogP contribution >= 0.6 is 0 Å². The molecule has 1 rings (SSSR count). The summed E-state index contributed by atoms with van der Waals surface area (Å²) in [6.45, 7) is 5.20. The largest absolute Gasteiger partial charge is 0.306 e. The number of carbonyl (C=O) groups is 1. The van der Waals surface area contributed by atoms with Gasteiger partial charge in [0.15, 0.2) is 0 Å². The van der Waals surface area contributed by atoms with E-state index in [2.05, 4.69) is 37.9 Å². The molecule has 0 aromatic heterocycles. The van der Waals surface area contributed by atoms with E-state index >= 15 is 0 Å². The molecule has 0 saturated carbocycles. The molecular formula is C14H28N2O. The van der Waals surface area contributed by atoms with Crippen molar-refractivity contribution < 1.29 is 4.79 Å². The van der Waals surface area contributed by atoms with Gasteiger partial charge in [0.1, 0.15) is 5.78 Å². The molecule has 0 amide bonds. The van der Waals surface area contributed by atoms with Crippen LogP contribution in [0.15, 0.2) is 0 Å². The van der Waals surface area contributed by atoms with Gasteiger partial charge in [-0.3, -0.25) is 4.79 Å². The second-order valence-electron chi connectivity index (χ2n) is 5.86. The molecule has 0 N–H and O–H groups in total. The Morgan fingerprint density at radius 2 is 2.12 bits per heavy atom. The highest BCUT2D eigenvalue weighted by molar-refractivity contribution is 5.76. The Labute approximate surface area is 106 Å². The van der Waals surface area contributed by atoms with E-state index in [-0.39, 0.29) is 0 Å². The van der Waals surface area contributed by atoms with Crippen LogP contribution in [0.4, 0.5) is 0 Å². The summed E-state index contributed by atoms with van der Waals surface area (Å²) in [5.74, 6) is 1.15. The van der Waals surface area contributed by atoms with Crippen LogP contribution in [0.1, 0.15) is 39.5 Å². The molecule has 0 spiro atoms. The van der Waals surface area contributed by atoms with Crippen molar-refractivity contribution in [3.8, 4) is 0 Å². The van der Waals surface area contributed by atoms with E-state index in [1.54, 1.807) is 6.92 Å². The summed E-state index contributed by atoms with van der Waals surface area (Å²) in [5, 5.41) is 0. The first-order chi connectivity index (χ1) is 7.93. The van der Waals surface area contributed by atoms with Crippen LogP contribution in [0.2, 0.25) is 0 Å². The SMILES string of the molecule is CCC1CC(CC(CC(C)=O)N(C)C)N(C)C1. The molecule has 0 aromatic carbocycles. The van der Waals surface area contributed by atoms with Gasteiger partial charge in [0.05, 0.1) is 0 Å². The molecule has 0 aliphatic carbocycles. The predicted molar refractivity (Wildman–Crippen MR) is 72.2 cm³/mol. The minimum absolute atomic E-state index is 0.302. The third-order valence-corrected chi connectivity index (χ3v) is 4.15. The summed E-state index contributed by atoms with van der Waals surface area (Å²) in [7, 11) is 6.39. The lowest BCUT2D eigenvalue weighted by molar-refractivity contribution is -0.118. The molecule has 1 aliphatic heterocycles. The number of ketones is 1. The zero-order valence-electron chi connectivity index (χ0n) is 12.1. The van der Waals surface area contributed by atoms with Crippen molar-refractivity contribution in [1.29, 1.82) is 0 Å². The highest BCUT2D eigenvalue weighted by atomic mass is 16.1. The number of Topliss-reactive ketones (excluding diaryl/α,β-unsaturated/α-hetero) is 1. The standard InChI is InChI=1S/C14H28N2O/c1-6-12-8-14(16(5)10-12)9-13(15(3)4)7-11(2)17/h12-14H,6-10H2,1-5H3. The molecular weight excluding hydrogens is 212 g/mol. The fourth-order valence-corrected chi connectivity index (χ4v) is 2.89. The third kappa shape index (κ3) is 4.40. The van der Waals surface area contributed by atoms with E-state index in [0.717, 1.165) is 12.3 Å². The first kappa shape index (κ1) is 14.7. The summed E-state index contributed by atoms with van der Waals surface area (Å²) in [5.41, 5.74) is 0. The van der Waals surface area contributed by atoms with Crippen molar-refractivity contribution >= 4 is 5.78 Å². The van der Waals surface area contributed by atoms with Crippen molar-refractivity contribution in [3.63, 3.8) is 0 Å². The summed E-state index contributed by atoms with van der Waals surface area (Å²) in [6, 6.07) is 1.06. The van der Waals surface area contributed by atoms with Gasteiger partial charge in [-0.05, 0) is 46.8 Å². The fourth-order valence-electron chi connectivity index (χ4n) is 2.89. The highest BCUT2D eigenvalue weighted by Crippen LogP contribution is 2.28. The van der Waals surface area contributed by atoms with E-state index in [1.165, 1.54) is 19.4 Å². The first-order valence-corrected chi connectivity index (χ1v) is 6.80. The van der Waals surface area contributed by atoms with Crippen molar-refractivity contribution in [3.05, 3.63) is 0 Å². The van der Waals surface area contributed by atoms with Crippen molar-refractivity contribution in [2.75, 3.05) is 27.7 Å². The van der Waals surface area contributed by atoms with Crippen LogP contribution in [-0.2, 0) is 4.79 Å². The summed E-state index contributed by atoms with van der Waals surface area (Å²) in [6.07, 6.45) is 4.39. The van der Waals surface area contributed by atoms with E-state index in [0.29, 0.717) is 24.3 Å². The van der Waals surface area contributed by atoms with Gasteiger partial charge in [0.2, 0.25) is 0 Å². The quantitative estimate of drug-likeness (QED) is 0.709. The average Bonchev–Trinajstić information content (AvgIpc) is 2.58. The van der Waals surface area contributed by atoms with E-state index in [4.69, 9.17) is 0 Å². The molecule has 3 heteroatoms. The molecule has 0 radical (unpaired) electrons. The van der Waals surface area contributed by atoms with Crippen LogP contribution in [0, 0.1) is 5.92 Å². The molecule has 3 atom stereocenters. The van der Waals surface area contributed by atoms with E-state index in [9.17, 15) is 4.79 Å². The normalized spacial score (nSPS) is 27.6. The Bertz CT molecular complexity index is 253. The number of carbonyl (C=O) groups excluding carboxylic acids is 1. The second-order valence-corrected chi connectivity index (χ2v) is 5.86. The molecule has 17 heavy (non-hydrogen) atoms. The van der Waals surface area contributed by atoms with E-state index < -0.39 is 0 Å². The molecule has 1 saturated heterocycles. The minimum Gasteiger partial charge on any atom is -0.306 e. The average molecular weight is 240 g/mol. The Kier molecular flexibility index (Phi) is 5.60. The summed E-state index contributed by atoms with van der Waals surface area (Å²) >= 11 is 0. The maximum atomic E-state index is 11.3. The molecule has 1 fully saturated rings. The van der Waals surface area contributed by atoms with Gasteiger partial charge in [-0.15, -0.1) is 0 Å². The Hall–Kier alpha value is -0.410.